The van der Waals surface area contributed by atoms with Crippen LogP contribution in [0.15, 0.2) is 109 Å². The summed E-state index contributed by atoms with van der Waals surface area (Å²) >= 11 is 0. The summed E-state index contributed by atoms with van der Waals surface area (Å²) in [6, 6.07) is 25.6. The van der Waals surface area contributed by atoms with Crippen LogP contribution in [0.5, 0.6) is 0 Å². The zero-order valence-electron chi connectivity index (χ0n) is 20.6. The van der Waals surface area contributed by atoms with Gasteiger partial charge in [0.15, 0.2) is 0 Å². The van der Waals surface area contributed by atoms with Crippen LogP contribution in [0.25, 0.3) is 55.2 Å². The Kier molecular flexibility index (Phi) is 6.06. The quantitative estimate of drug-likeness (QED) is 0.207. The second-order valence-corrected chi connectivity index (χ2v) is 9.42. The molecule has 0 fully saturated rings. The number of nitrogens with zero attached hydrogens (tertiary/aromatic N) is 2. The maximum absolute atomic E-state index is 13.3. The molecule has 0 saturated carbocycles. The molecule has 198 valence electrons. The lowest BCUT2D eigenvalue weighted by Crippen LogP contribution is -2.11. The predicted octanol–water partition coefficient (Wildman–Crippen LogP) is 9.82. The molecule has 0 aliphatic rings. The first-order chi connectivity index (χ1) is 19.0. The molecular formula is C32H18F6N2. The van der Waals surface area contributed by atoms with E-state index in [1.165, 1.54) is 6.07 Å². The van der Waals surface area contributed by atoms with Gasteiger partial charge in [0, 0.05) is 28.9 Å². The van der Waals surface area contributed by atoms with E-state index in [9.17, 15) is 26.3 Å². The second kappa shape index (κ2) is 9.48. The van der Waals surface area contributed by atoms with Gasteiger partial charge in [-0.05, 0) is 76.0 Å². The van der Waals surface area contributed by atoms with E-state index in [0.717, 1.165) is 50.8 Å². The number of aromatic nitrogens is 2. The fourth-order valence-corrected chi connectivity index (χ4v) is 4.67. The van der Waals surface area contributed by atoms with Crippen molar-refractivity contribution in [1.29, 1.82) is 0 Å². The van der Waals surface area contributed by atoms with E-state index in [1.807, 2.05) is 54.6 Å². The first kappa shape index (κ1) is 25.6. The molecule has 0 atom stereocenters. The summed E-state index contributed by atoms with van der Waals surface area (Å²) in [6.07, 6.45) is -6.28. The smallest absolute Gasteiger partial charge is 0.256 e. The third kappa shape index (κ3) is 5.00. The molecule has 2 heterocycles. The van der Waals surface area contributed by atoms with Crippen molar-refractivity contribution in [2.75, 3.05) is 0 Å². The van der Waals surface area contributed by atoms with Crippen LogP contribution in [0.4, 0.5) is 26.3 Å². The van der Waals surface area contributed by atoms with Gasteiger partial charge >= 0.3 is 12.4 Å². The van der Waals surface area contributed by atoms with Gasteiger partial charge in [-0.1, -0.05) is 48.5 Å². The minimum atomic E-state index is -4.91. The van der Waals surface area contributed by atoms with Crippen molar-refractivity contribution in [2.24, 2.45) is 0 Å². The van der Waals surface area contributed by atoms with E-state index in [4.69, 9.17) is 0 Å². The van der Waals surface area contributed by atoms with E-state index in [1.54, 1.807) is 30.6 Å². The van der Waals surface area contributed by atoms with E-state index >= 15 is 0 Å². The van der Waals surface area contributed by atoms with E-state index in [-0.39, 0.29) is 17.2 Å². The molecule has 6 rings (SSSR count). The summed E-state index contributed by atoms with van der Waals surface area (Å²) in [5.74, 6) is 0. The van der Waals surface area contributed by atoms with Crippen LogP contribution in [0, 0.1) is 0 Å². The standard InChI is InChI=1S/C32H18F6N2/c33-31(34,35)27-14-25(15-28(16-27)32(36,37)38)22-8-6-19-11-21(7-5-20(19)12-22)24-9-10-30(39-17-24)26-13-23-3-1-2-4-29(23)40-18-26/h1-18H. The first-order valence-electron chi connectivity index (χ1n) is 12.2. The van der Waals surface area contributed by atoms with Crippen LogP contribution in [0.1, 0.15) is 11.1 Å². The summed E-state index contributed by atoms with van der Waals surface area (Å²) < 4.78 is 79.9. The molecule has 4 aromatic carbocycles. The Morgan fingerprint density at radius 2 is 0.975 bits per heavy atom. The van der Waals surface area contributed by atoms with E-state index < -0.39 is 23.5 Å². The normalized spacial score (nSPS) is 12.2. The van der Waals surface area contributed by atoms with Gasteiger partial charge in [0.05, 0.1) is 22.3 Å². The average molecular weight is 544 g/mol. The zero-order chi connectivity index (χ0) is 28.1. The largest absolute Gasteiger partial charge is 0.416 e. The number of para-hydroxylation sites is 1. The average Bonchev–Trinajstić information content (AvgIpc) is 2.95. The van der Waals surface area contributed by atoms with E-state index in [2.05, 4.69) is 9.97 Å². The number of hydrogen-bond acceptors (Lipinski definition) is 2. The number of fused-ring (bicyclic) bond motifs is 2. The molecule has 0 amide bonds. The minimum absolute atomic E-state index is 0.132. The number of benzene rings is 4. The molecule has 0 saturated heterocycles. The van der Waals surface area contributed by atoms with Gasteiger partial charge in [-0.3, -0.25) is 9.97 Å². The Hall–Kier alpha value is -4.72. The molecule has 0 spiro atoms. The lowest BCUT2D eigenvalue weighted by atomic mass is 9.95. The molecule has 0 bridgehead atoms. The predicted molar refractivity (Wildman–Crippen MR) is 143 cm³/mol. The topological polar surface area (TPSA) is 25.8 Å². The second-order valence-electron chi connectivity index (χ2n) is 9.42. The van der Waals surface area contributed by atoms with Crippen LogP contribution in [0.3, 0.4) is 0 Å². The number of halogens is 6. The first-order valence-corrected chi connectivity index (χ1v) is 12.2. The van der Waals surface area contributed by atoms with Crippen LogP contribution >= 0.6 is 0 Å². The third-order valence-corrected chi connectivity index (χ3v) is 6.74. The van der Waals surface area contributed by atoms with Gasteiger partial charge in [-0.25, -0.2) is 0 Å². The Morgan fingerprint density at radius 3 is 1.57 bits per heavy atom. The third-order valence-electron chi connectivity index (χ3n) is 6.74. The minimum Gasteiger partial charge on any atom is -0.256 e. The SMILES string of the molecule is FC(F)(F)c1cc(-c2ccc3cc(-c4ccc(-c5cnc6ccccc6c5)nc4)ccc3c2)cc(C(F)(F)F)c1. The summed E-state index contributed by atoms with van der Waals surface area (Å²) in [5.41, 5.74) is 1.70. The summed E-state index contributed by atoms with van der Waals surface area (Å²) in [4.78, 5) is 9.08. The molecule has 0 aliphatic carbocycles. The zero-order valence-corrected chi connectivity index (χ0v) is 20.6. The Balaban J connectivity index is 1.32. The molecule has 0 N–H and O–H groups in total. The monoisotopic (exact) mass is 544 g/mol. The van der Waals surface area contributed by atoms with Crippen molar-refractivity contribution in [3.63, 3.8) is 0 Å². The van der Waals surface area contributed by atoms with Crippen molar-refractivity contribution < 1.29 is 26.3 Å². The lowest BCUT2D eigenvalue weighted by Gasteiger charge is -2.15. The van der Waals surface area contributed by atoms with Gasteiger partial charge < -0.3 is 0 Å². The maximum atomic E-state index is 13.3. The van der Waals surface area contributed by atoms with Crippen LogP contribution in [0.2, 0.25) is 0 Å². The van der Waals surface area contributed by atoms with Crippen molar-refractivity contribution >= 4 is 21.7 Å². The molecule has 0 unspecified atom stereocenters. The van der Waals surface area contributed by atoms with Gasteiger partial charge in [0.2, 0.25) is 0 Å². The molecule has 0 aliphatic heterocycles. The van der Waals surface area contributed by atoms with Gasteiger partial charge in [-0.15, -0.1) is 0 Å². The Bertz CT molecular complexity index is 1840. The summed E-state index contributed by atoms with van der Waals surface area (Å²) in [5, 5.41) is 2.48. The molecule has 6 aromatic rings. The maximum Gasteiger partial charge on any atom is 0.416 e. The molecule has 0 radical (unpaired) electrons. The van der Waals surface area contributed by atoms with Crippen molar-refractivity contribution in [1.82, 2.24) is 9.97 Å². The number of pyridine rings is 2. The number of hydrogen-bond donors (Lipinski definition) is 0. The Labute approximate surface area is 224 Å². The molecular weight excluding hydrogens is 526 g/mol. The molecule has 8 heteroatoms. The number of rotatable bonds is 3. The lowest BCUT2D eigenvalue weighted by molar-refractivity contribution is -0.143. The van der Waals surface area contributed by atoms with Crippen molar-refractivity contribution in [3.05, 3.63) is 121 Å². The van der Waals surface area contributed by atoms with Gasteiger partial charge in [0.1, 0.15) is 0 Å². The fourth-order valence-electron chi connectivity index (χ4n) is 4.67. The highest BCUT2D eigenvalue weighted by Crippen LogP contribution is 2.39. The summed E-state index contributed by atoms with van der Waals surface area (Å²) in [7, 11) is 0. The van der Waals surface area contributed by atoms with E-state index in [0.29, 0.717) is 5.39 Å². The van der Waals surface area contributed by atoms with Crippen LogP contribution in [-0.4, -0.2) is 9.97 Å². The highest BCUT2D eigenvalue weighted by Gasteiger charge is 2.37. The van der Waals surface area contributed by atoms with Crippen LogP contribution < -0.4 is 0 Å². The van der Waals surface area contributed by atoms with Gasteiger partial charge in [-0.2, -0.15) is 26.3 Å². The van der Waals surface area contributed by atoms with Gasteiger partial charge in [0.25, 0.3) is 0 Å². The van der Waals surface area contributed by atoms with Crippen LogP contribution in [-0.2, 0) is 12.4 Å². The molecule has 2 nitrogen and oxygen atoms in total. The highest BCUT2D eigenvalue weighted by molar-refractivity contribution is 5.91. The van der Waals surface area contributed by atoms with Crippen molar-refractivity contribution in [3.8, 4) is 33.5 Å². The molecule has 2 aromatic heterocycles. The highest BCUT2D eigenvalue weighted by atomic mass is 19.4. The number of alkyl halides is 6. The Morgan fingerprint density at radius 1 is 0.425 bits per heavy atom. The fraction of sp³-hybridized carbons (Fsp3) is 0.0625. The summed E-state index contributed by atoms with van der Waals surface area (Å²) in [6.45, 7) is 0. The molecule has 40 heavy (non-hydrogen) atoms. The van der Waals surface area contributed by atoms with Crippen molar-refractivity contribution in [2.45, 2.75) is 12.4 Å².